The van der Waals surface area contributed by atoms with Crippen LogP contribution in [-0.4, -0.2) is 11.6 Å². The highest BCUT2D eigenvalue weighted by atomic mass is 16.1. The molecule has 0 unspecified atom stereocenters. The second kappa shape index (κ2) is 9.87. The van der Waals surface area contributed by atoms with Crippen molar-refractivity contribution in [3.05, 3.63) is 105 Å². The molecular weight excluding hydrogens is 380 g/mol. The molecule has 2 heteroatoms. The third kappa shape index (κ3) is 5.38. The minimum Gasteiger partial charge on any atom is -0.289 e. The van der Waals surface area contributed by atoms with Crippen LogP contribution in [0.15, 0.2) is 76.9 Å². The van der Waals surface area contributed by atoms with Gasteiger partial charge < -0.3 is 0 Å². The molecule has 0 saturated carbocycles. The summed E-state index contributed by atoms with van der Waals surface area (Å²) in [7, 11) is 0. The fraction of sp³-hybridized carbons (Fsp3) is 0.310. The van der Waals surface area contributed by atoms with Crippen molar-refractivity contribution in [1.82, 2.24) is 0 Å². The molecule has 0 N–H and O–H groups in total. The number of rotatable bonds is 7. The van der Waals surface area contributed by atoms with Gasteiger partial charge in [-0.15, -0.1) is 0 Å². The van der Waals surface area contributed by atoms with Gasteiger partial charge in [0.05, 0.1) is 0 Å². The van der Waals surface area contributed by atoms with E-state index in [1.165, 1.54) is 27.8 Å². The predicted molar refractivity (Wildman–Crippen MR) is 129 cm³/mol. The first-order valence-electron chi connectivity index (χ1n) is 11.0. The SMILES string of the molecule is CC1=C(C/C=C(\C)CC/C=C(\C)Cc2ccc(C)cc2C)C(=O)c2ccccc2C1=O. The maximum atomic E-state index is 12.9. The average molecular weight is 413 g/mol. The van der Waals surface area contributed by atoms with Crippen molar-refractivity contribution in [1.29, 1.82) is 0 Å². The van der Waals surface area contributed by atoms with Crippen molar-refractivity contribution in [2.24, 2.45) is 0 Å². The molecule has 1 aliphatic carbocycles. The standard InChI is InChI=1S/C29H32O2/c1-19(9-8-10-20(2)18-24-15-13-21(3)17-22(24)4)14-16-25-23(5)28(30)26-11-6-7-12-27(26)29(25)31/h6-7,10-15,17H,8-9,16,18H2,1-5H3/b19-14+,20-10+. The van der Waals surface area contributed by atoms with Crippen molar-refractivity contribution in [2.75, 3.05) is 0 Å². The molecule has 2 nitrogen and oxygen atoms in total. The van der Waals surface area contributed by atoms with Gasteiger partial charge in [0, 0.05) is 22.3 Å². The van der Waals surface area contributed by atoms with E-state index in [1.54, 1.807) is 19.1 Å². The summed E-state index contributed by atoms with van der Waals surface area (Å²) in [6, 6.07) is 13.8. The van der Waals surface area contributed by atoms with Gasteiger partial charge in [0.15, 0.2) is 11.6 Å². The Morgan fingerprint density at radius 3 is 2.19 bits per heavy atom. The Kier molecular flexibility index (Phi) is 7.22. The monoisotopic (exact) mass is 412 g/mol. The molecule has 0 saturated heterocycles. The van der Waals surface area contributed by atoms with E-state index in [1.807, 2.05) is 12.1 Å². The van der Waals surface area contributed by atoms with Crippen molar-refractivity contribution in [3.8, 4) is 0 Å². The van der Waals surface area contributed by atoms with Crippen LogP contribution in [0.1, 0.15) is 77.4 Å². The van der Waals surface area contributed by atoms with E-state index >= 15 is 0 Å². The van der Waals surface area contributed by atoms with E-state index in [0.717, 1.165) is 19.3 Å². The van der Waals surface area contributed by atoms with Crippen molar-refractivity contribution < 1.29 is 9.59 Å². The van der Waals surface area contributed by atoms with E-state index < -0.39 is 0 Å². The normalized spacial score (nSPS) is 14.9. The van der Waals surface area contributed by atoms with Crippen LogP contribution in [0.3, 0.4) is 0 Å². The molecular formula is C29H32O2. The van der Waals surface area contributed by atoms with E-state index in [-0.39, 0.29) is 11.6 Å². The van der Waals surface area contributed by atoms with Gasteiger partial charge in [-0.25, -0.2) is 0 Å². The number of fused-ring (bicyclic) bond motifs is 1. The zero-order valence-corrected chi connectivity index (χ0v) is 19.3. The van der Waals surface area contributed by atoms with Crippen LogP contribution in [0, 0.1) is 13.8 Å². The molecule has 0 bridgehead atoms. The molecule has 2 aromatic rings. The molecule has 3 rings (SSSR count). The molecule has 0 atom stereocenters. The summed E-state index contributed by atoms with van der Waals surface area (Å²) in [5, 5.41) is 0. The minimum absolute atomic E-state index is 0.0130. The molecule has 1 aliphatic rings. The number of carbonyl (C=O) groups excluding carboxylic acids is 2. The molecule has 0 fully saturated rings. The molecule has 0 spiro atoms. The minimum atomic E-state index is -0.0267. The van der Waals surface area contributed by atoms with Crippen LogP contribution in [0.25, 0.3) is 0 Å². The first-order chi connectivity index (χ1) is 14.8. The molecule has 2 aromatic carbocycles. The Morgan fingerprint density at radius 1 is 0.839 bits per heavy atom. The zero-order chi connectivity index (χ0) is 22.5. The predicted octanol–water partition coefficient (Wildman–Crippen LogP) is 7.30. The van der Waals surface area contributed by atoms with Crippen LogP contribution in [0.5, 0.6) is 0 Å². The second-order valence-electron chi connectivity index (χ2n) is 8.76. The van der Waals surface area contributed by atoms with Gasteiger partial charge in [-0.3, -0.25) is 9.59 Å². The Hall–Kier alpha value is -3.00. The molecule has 31 heavy (non-hydrogen) atoms. The van der Waals surface area contributed by atoms with Crippen molar-refractivity contribution >= 4 is 11.6 Å². The molecule has 0 radical (unpaired) electrons. The lowest BCUT2D eigenvalue weighted by Crippen LogP contribution is -2.20. The summed E-state index contributed by atoms with van der Waals surface area (Å²) >= 11 is 0. The fourth-order valence-electron chi connectivity index (χ4n) is 4.14. The Labute approximate surface area is 186 Å². The molecule has 0 aromatic heterocycles. The summed E-state index contributed by atoms with van der Waals surface area (Å²) in [5.74, 6) is -0.0397. The van der Waals surface area contributed by atoms with Gasteiger partial charge >= 0.3 is 0 Å². The largest absolute Gasteiger partial charge is 0.289 e. The fourth-order valence-corrected chi connectivity index (χ4v) is 4.14. The number of Topliss-reactive ketones (excluding diaryl/α,β-unsaturated/α-hetero) is 2. The Bertz CT molecular complexity index is 1110. The molecule has 0 aliphatic heterocycles. The van der Waals surface area contributed by atoms with Crippen LogP contribution in [-0.2, 0) is 6.42 Å². The number of allylic oxidation sites excluding steroid dienone is 6. The van der Waals surface area contributed by atoms with Crippen LogP contribution in [0.4, 0.5) is 0 Å². The summed E-state index contributed by atoms with van der Waals surface area (Å²) < 4.78 is 0. The van der Waals surface area contributed by atoms with Gasteiger partial charge in [0.25, 0.3) is 0 Å². The highest BCUT2D eigenvalue weighted by Gasteiger charge is 2.28. The number of hydrogen-bond acceptors (Lipinski definition) is 2. The van der Waals surface area contributed by atoms with Gasteiger partial charge in [-0.1, -0.05) is 71.3 Å². The van der Waals surface area contributed by atoms with Gasteiger partial charge in [0.2, 0.25) is 0 Å². The average Bonchev–Trinajstić information content (AvgIpc) is 2.74. The second-order valence-corrected chi connectivity index (χ2v) is 8.76. The third-order valence-electron chi connectivity index (χ3n) is 6.14. The summed E-state index contributed by atoms with van der Waals surface area (Å²) in [6.07, 6.45) is 7.85. The van der Waals surface area contributed by atoms with Crippen LogP contribution >= 0.6 is 0 Å². The maximum Gasteiger partial charge on any atom is 0.190 e. The number of aryl methyl sites for hydroxylation is 2. The number of ketones is 2. The first-order valence-corrected chi connectivity index (χ1v) is 11.0. The lowest BCUT2D eigenvalue weighted by molar-refractivity contribution is 0.0973. The van der Waals surface area contributed by atoms with Crippen LogP contribution < -0.4 is 0 Å². The zero-order valence-electron chi connectivity index (χ0n) is 19.3. The molecule has 160 valence electrons. The quantitative estimate of drug-likeness (QED) is 0.447. The highest BCUT2D eigenvalue weighted by Crippen LogP contribution is 2.28. The molecule has 0 heterocycles. The maximum absolute atomic E-state index is 12.9. The smallest absolute Gasteiger partial charge is 0.190 e. The van der Waals surface area contributed by atoms with Gasteiger partial charge in [-0.2, -0.15) is 0 Å². The lowest BCUT2D eigenvalue weighted by Gasteiger charge is -2.18. The van der Waals surface area contributed by atoms with E-state index in [0.29, 0.717) is 28.7 Å². The number of hydrogen-bond donors (Lipinski definition) is 0. The van der Waals surface area contributed by atoms with Crippen molar-refractivity contribution in [3.63, 3.8) is 0 Å². The topological polar surface area (TPSA) is 34.1 Å². The van der Waals surface area contributed by atoms with E-state index in [2.05, 4.69) is 58.0 Å². The first kappa shape index (κ1) is 22.7. The summed E-state index contributed by atoms with van der Waals surface area (Å²) in [6.45, 7) is 10.4. The summed E-state index contributed by atoms with van der Waals surface area (Å²) in [5.41, 5.74) is 8.92. The number of benzene rings is 2. The van der Waals surface area contributed by atoms with Crippen LogP contribution in [0.2, 0.25) is 0 Å². The Balaban J connectivity index is 1.60. The number of carbonyl (C=O) groups is 2. The Morgan fingerprint density at radius 2 is 1.52 bits per heavy atom. The van der Waals surface area contributed by atoms with Crippen molar-refractivity contribution in [2.45, 2.75) is 60.3 Å². The molecule has 0 amide bonds. The lowest BCUT2D eigenvalue weighted by atomic mass is 9.83. The summed E-state index contributed by atoms with van der Waals surface area (Å²) in [4.78, 5) is 25.5. The van der Waals surface area contributed by atoms with E-state index in [9.17, 15) is 9.59 Å². The van der Waals surface area contributed by atoms with Gasteiger partial charge in [0.1, 0.15) is 0 Å². The third-order valence-corrected chi connectivity index (χ3v) is 6.14. The van der Waals surface area contributed by atoms with Gasteiger partial charge in [-0.05, 0) is 71.4 Å². The van der Waals surface area contributed by atoms with E-state index in [4.69, 9.17) is 0 Å². The highest BCUT2D eigenvalue weighted by molar-refractivity contribution is 6.26.